The molecule has 0 radical (unpaired) electrons. The molecule has 0 fully saturated rings. The Morgan fingerprint density at radius 1 is 1.21 bits per heavy atom. The van der Waals surface area contributed by atoms with E-state index in [1.807, 2.05) is 42.8 Å². The molecular formula is C20H20N6OS2. The fraction of sp³-hybridized carbons (Fsp3) is 0.350. The van der Waals surface area contributed by atoms with Crippen molar-refractivity contribution < 1.29 is 4.79 Å². The standard InChI is InChI=1S/C20H20N6OS2/c1-11(18(27)23-19-21-13-8-4-6-10-15(13)29-19)28-20-22-17-16(24-25-20)12-7-3-5-9-14(12)26(17)2/h3,5,7,9,11H,4,6,8,10H2,1-2H3,(H,21,23,27). The van der Waals surface area contributed by atoms with E-state index in [0.29, 0.717) is 10.3 Å². The summed E-state index contributed by atoms with van der Waals surface area (Å²) in [6.07, 6.45) is 4.46. The lowest BCUT2D eigenvalue weighted by molar-refractivity contribution is -0.115. The number of hydrogen-bond donors (Lipinski definition) is 1. The maximum absolute atomic E-state index is 12.7. The topological polar surface area (TPSA) is 85.6 Å². The van der Waals surface area contributed by atoms with E-state index >= 15 is 0 Å². The SMILES string of the molecule is CC(Sc1nnc2c3ccccc3n(C)c2n1)C(=O)Nc1nc2c(s1)CCCC2. The highest BCUT2D eigenvalue weighted by atomic mass is 32.2. The summed E-state index contributed by atoms with van der Waals surface area (Å²) in [5, 5.41) is 13.4. The summed E-state index contributed by atoms with van der Waals surface area (Å²) in [6.45, 7) is 1.85. The van der Waals surface area contributed by atoms with Crippen LogP contribution in [0.15, 0.2) is 29.4 Å². The number of carbonyl (C=O) groups excluding carboxylic acids is 1. The number of hydrogen-bond acceptors (Lipinski definition) is 7. The molecule has 9 heteroatoms. The van der Waals surface area contributed by atoms with Crippen molar-refractivity contribution in [3.63, 3.8) is 0 Å². The third-order valence-corrected chi connectivity index (χ3v) is 7.24. The Balaban J connectivity index is 1.34. The van der Waals surface area contributed by atoms with E-state index in [9.17, 15) is 4.79 Å². The molecule has 1 N–H and O–H groups in total. The van der Waals surface area contributed by atoms with Crippen molar-refractivity contribution in [2.75, 3.05) is 5.32 Å². The van der Waals surface area contributed by atoms with Gasteiger partial charge in [0.15, 0.2) is 10.8 Å². The minimum Gasteiger partial charge on any atom is -0.327 e. The van der Waals surface area contributed by atoms with Gasteiger partial charge in [-0.15, -0.1) is 21.5 Å². The molecular weight excluding hydrogens is 404 g/mol. The quantitative estimate of drug-likeness (QED) is 0.499. The van der Waals surface area contributed by atoms with Crippen LogP contribution in [-0.2, 0) is 24.7 Å². The fourth-order valence-electron chi connectivity index (χ4n) is 3.67. The van der Waals surface area contributed by atoms with Crippen LogP contribution in [0.4, 0.5) is 5.13 Å². The molecule has 0 saturated heterocycles. The number of para-hydroxylation sites is 1. The number of benzene rings is 1. The van der Waals surface area contributed by atoms with Gasteiger partial charge in [-0.25, -0.2) is 9.97 Å². The number of rotatable bonds is 4. The molecule has 7 nitrogen and oxygen atoms in total. The second-order valence-electron chi connectivity index (χ2n) is 7.19. The Bertz CT molecular complexity index is 1210. The third-order valence-electron chi connectivity index (χ3n) is 5.21. The van der Waals surface area contributed by atoms with Crippen molar-refractivity contribution in [3.05, 3.63) is 34.8 Å². The fourth-order valence-corrected chi connectivity index (χ4v) is 5.43. The molecule has 1 aliphatic carbocycles. The summed E-state index contributed by atoms with van der Waals surface area (Å²) in [7, 11) is 1.97. The van der Waals surface area contributed by atoms with Gasteiger partial charge in [0.2, 0.25) is 11.1 Å². The Hall–Kier alpha value is -2.52. The lowest BCUT2D eigenvalue weighted by Gasteiger charge is -2.09. The van der Waals surface area contributed by atoms with Crippen molar-refractivity contribution >= 4 is 56.2 Å². The van der Waals surface area contributed by atoms with Gasteiger partial charge in [-0.3, -0.25) is 4.79 Å². The zero-order chi connectivity index (χ0) is 20.0. The molecule has 0 bridgehead atoms. The molecule has 3 heterocycles. The highest BCUT2D eigenvalue weighted by Gasteiger charge is 2.21. The van der Waals surface area contributed by atoms with Crippen molar-refractivity contribution in [2.24, 2.45) is 7.05 Å². The Morgan fingerprint density at radius 2 is 2.03 bits per heavy atom. The van der Waals surface area contributed by atoms with Crippen LogP contribution in [0.25, 0.3) is 22.1 Å². The number of fused-ring (bicyclic) bond motifs is 4. The Kier molecular flexibility index (Phi) is 4.71. The van der Waals surface area contributed by atoms with Crippen molar-refractivity contribution in [1.82, 2.24) is 24.7 Å². The number of anilines is 1. The number of aryl methyl sites for hydroxylation is 3. The largest absolute Gasteiger partial charge is 0.327 e. The molecule has 29 heavy (non-hydrogen) atoms. The smallest absolute Gasteiger partial charge is 0.239 e. The second-order valence-corrected chi connectivity index (χ2v) is 9.58. The average molecular weight is 425 g/mol. The maximum atomic E-state index is 12.7. The lowest BCUT2D eigenvalue weighted by Crippen LogP contribution is -2.22. The molecule has 1 unspecified atom stereocenters. The van der Waals surface area contributed by atoms with Gasteiger partial charge in [0.25, 0.3) is 0 Å². The van der Waals surface area contributed by atoms with Crippen LogP contribution >= 0.6 is 23.1 Å². The van der Waals surface area contributed by atoms with E-state index in [1.165, 1.54) is 29.5 Å². The van der Waals surface area contributed by atoms with Gasteiger partial charge in [-0.1, -0.05) is 30.0 Å². The summed E-state index contributed by atoms with van der Waals surface area (Å²) < 4.78 is 2.01. The summed E-state index contributed by atoms with van der Waals surface area (Å²) in [5.74, 6) is -0.0955. The number of thiazole rings is 1. The lowest BCUT2D eigenvalue weighted by atomic mass is 10.0. The van der Waals surface area contributed by atoms with E-state index in [-0.39, 0.29) is 11.2 Å². The van der Waals surface area contributed by atoms with Crippen LogP contribution in [0.3, 0.4) is 0 Å². The maximum Gasteiger partial charge on any atom is 0.239 e. The van der Waals surface area contributed by atoms with Gasteiger partial charge in [0, 0.05) is 17.3 Å². The molecule has 0 spiro atoms. The van der Waals surface area contributed by atoms with Gasteiger partial charge < -0.3 is 9.88 Å². The molecule has 1 amide bonds. The number of thioether (sulfide) groups is 1. The second kappa shape index (κ2) is 7.38. The molecule has 5 rings (SSSR count). The third kappa shape index (κ3) is 3.38. The van der Waals surface area contributed by atoms with Crippen LogP contribution in [0.1, 0.15) is 30.3 Å². The minimum absolute atomic E-state index is 0.0955. The number of carbonyl (C=O) groups is 1. The van der Waals surface area contributed by atoms with E-state index in [0.717, 1.165) is 40.6 Å². The average Bonchev–Trinajstić information content (AvgIpc) is 3.27. The number of amides is 1. The van der Waals surface area contributed by atoms with Crippen LogP contribution in [0, 0.1) is 0 Å². The molecule has 148 valence electrons. The van der Waals surface area contributed by atoms with Crippen molar-refractivity contribution in [2.45, 2.75) is 43.0 Å². The zero-order valence-electron chi connectivity index (χ0n) is 16.2. The molecule has 1 aromatic carbocycles. The molecule has 4 aromatic rings. The van der Waals surface area contributed by atoms with Gasteiger partial charge in [0.1, 0.15) is 5.52 Å². The van der Waals surface area contributed by atoms with Gasteiger partial charge in [-0.2, -0.15) is 0 Å². The normalized spacial score (nSPS) is 14.8. The summed E-state index contributed by atoms with van der Waals surface area (Å²) in [6, 6.07) is 8.03. The van der Waals surface area contributed by atoms with Gasteiger partial charge in [-0.05, 0) is 38.7 Å². The van der Waals surface area contributed by atoms with E-state index < -0.39 is 0 Å². The van der Waals surface area contributed by atoms with Crippen molar-refractivity contribution in [1.29, 1.82) is 0 Å². The van der Waals surface area contributed by atoms with Gasteiger partial charge in [0.05, 0.1) is 16.5 Å². The first-order valence-electron chi connectivity index (χ1n) is 9.64. The molecule has 0 saturated carbocycles. The van der Waals surface area contributed by atoms with Crippen LogP contribution in [-0.4, -0.2) is 35.9 Å². The number of aromatic nitrogens is 5. The monoisotopic (exact) mass is 424 g/mol. The zero-order valence-corrected chi connectivity index (χ0v) is 17.8. The first kappa shape index (κ1) is 18.5. The molecule has 3 aromatic heterocycles. The first-order chi connectivity index (χ1) is 14.1. The predicted octanol–water partition coefficient (Wildman–Crippen LogP) is 3.97. The molecule has 1 aliphatic rings. The predicted molar refractivity (Wildman–Crippen MR) is 117 cm³/mol. The van der Waals surface area contributed by atoms with E-state index in [1.54, 1.807) is 11.3 Å². The van der Waals surface area contributed by atoms with Crippen LogP contribution in [0.5, 0.6) is 0 Å². The Labute approximate surface area is 176 Å². The minimum atomic E-state index is -0.357. The highest BCUT2D eigenvalue weighted by molar-refractivity contribution is 8.00. The van der Waals surface area contributed by atoms with Crippen molar-refractivity contribution in [3.8, 4) is 0 Å². The van der Waals surface area contributed by atoms with Gasteiger partial charge >= 0.3 is 0 Å². The first-order valence-corrected chi connectivity index (χ1v) is 11.3. The summed E-state index contributed by atoms with van der Waals surface area (Å²) in [4.78, 5) is 23.2. The number of nitrogens with one attached hydrogen (secondary N) is 1. The van der Waals surface area contributed by atoms with Crippen LogP contribution < -0.4 is 5.32 Å². The van der Waals surface area contributed by atoms with E-state index in [4.69, 9.17) is 0 Å². The van der Waals surface area contributed by atoms with E-state index in [2.05, 4.69) is 25.5 Å². The Morgan fingerprint density at radius 3 is 2.90 bits per heavy atom. The summed E-state index contributed by atoms with van der Waals surface area (Å²) >= 11 is 2.90. The molecule has 0 aliphatic heterocycles. The summed E-state index contributed by atoms with van der Waals surface area (Å²) in [5.41, 5.74) is 3.75. The highest BCUT2D eigenvalue weighted by Crippen LogP contribution is 2.31. The number of nitrogens with zero attached hydrogens (tertiary/aromatic N) is 5. The van der Waals surface area contributed by atoms with Crippen LogP contribution in [0.2, 0.25) is 0 Å². The molecule has 1 atom stereocenters.